The smallest absolute Gasteiger partial charge is 0.335 e. The van der Waals surface area contributed by atoms with Gasteiger partial charge in [0.05, 0.1) is 22.5 Å². The number of amides is 1. The van der Waals surface area contributed by atoms with Crippen LogP contribution < -0.4 is 26.8 Å². The standard InChI is InChI=1S/C22H22FN5O4/c1-24-16-7-13(23)6-15-18(16)28-21(30)17(19(15)26-10-11-8-25-9-11)20(29)27-14-4-2-12(3-5-14)22(31)32/h2-7,11,24-25H,8-10H2,1H3,(H,27,29)(H,31,32)(H2,26,28,30). The number of anilines is 3. The van der Waals surface area contributed by atoms with E-state index in [1.165, 1.54) is 36.4 Å². The van der Waals surface area contributed by atoms with Crippen LogP contribution in [-0.2, 0) is 0 Å². The molecule has 2 aromatic carbocycles. The van der Waals surface area contributed by atoms with Crippen LogP contribution >= 0.6 is 0 Å². The Morgan fingerprint density at radius 2 is 1.91 bits per heavy atom. The highest BCUT2D eigenvalue weighted by atomic mass is 19.1. The molecule has 1 aliphatic rings. The SMILES string of the molecule is CNc1cc(F)cc2c(NCC3CNC3)c(C(=O)Nc3ccc(C(=O)O)cc3)c(=O)[nH]c12. The van der Waals surface area contributed by atoms with Crippen molar-refractivity contribution in [1.29, 1.82) is 0 Å². The lowest BCUT2D eigenvalue weighted by molar-refractivity contribution is 0.0696. The van der Waals surface area contributed by atoms with Gasteiger partial charge in [0.15, 0.2) is 0 Å². The van der Waals surface area contributed by atoms with Gasteiger partial charge in [-0.15, -0.1) is 0 Å². The van der Waals surface area contributed by atoms with Gasteiger partial charge in [-0.2, -0.15) is 0 Å². The summed E-state index contributed by atoms with van der Waals surface area (Å²) in [4.78, 5) is 39.7. The van der Waals surface area contributed by atoms with Gasteiger partial charge in [0.2, 0.25) is 0 Å². The second-order valence-corrected chi connectivity index (χ2v) is 7.57. The van der Waals surface area contributed by atoms with E-state index in [0.29, 0.717) is 34.7 Å². The molecule has 32 heavy (non-hydrogen) atoms. The average molecular weight is 439 g/mol. The number of halogens is 1. The molecule has 1 fully saturated rings. The Hall–Kier alpha value is -3.92. The molecule has 4 rings (SSSR count). The van der Waals surface area contributed by atoms with Crippen LogP contribution in [0.1, 0.15) is 20.7 Å². The molecular weight excluding hydrogens is 417 g/mol. The monoisotopic (exact) mass is 439 g/mol. The molecule has 10 heteroatoms. The van der Waals surface area contributed by atoms with Gasteiger partial charge in [-0.25, -0.2) is 9.18 Å². The number of benzene rings is 2. The Morgan fingerprint density at radius 3 is 2.50 bits per heavy atom. The summed E-state index contributed by atoms with van der Waals surface area (Å²) in [6.07, 6.45) is 0. The highest BCUT2D eigenvalue weighted by Gasteiger charge is 2.24. The van der Waals surface area contributed by atoms with Gasteiger partial charge in [-0.05, 0) is 36.4 Å². The highest BCUT2D eigenvalue weighted by molar-refractivity contribution is 6.13. The van der Waals surface area contributed by atoms with E-state index in [9.17, 15) is 18.8 Å². The third-order valence-electron chi connectivity index (χ3n) is 5.41. The van der Waals surface area contributed by atoms with Gasteiger partial charge in [0.25, 0.3) is 11.5 Å². The summed E-state index contributed by atoms with van der Waals surface area (Å²) in [6.45, 7) is 2.12. The van der Waals surface area contributed by atoms with E-state index in [-0.39, 0.29) is 16.8 Å². The number of fused-ring (bicyclic) bond motifs is 1. The van der Waals surface area contributed by atoms with Crippen LogP contribution in [0.4, 0.5) is 21.5 Å². The average Bonchev–Trinajstić information content (AvgIpc) is 2.72. The van der Waals surface area contributed by atoms with Crippen LogP contribution in [0.15, 0.2) is 41.2 Å². The topological polar surface area (TPSA) is 135 Å². The Bertz CT molecular complexity index is 1250. The van der Waals surface area contributed by atoms with Gasteiger partial charge in [0.1, 0.15) is 11.4 Å². The lowest BCUT2D eigenvalue weighted by Gasteiger charge is -2.28. The first kappa shape index (κ1) is 21.3. The quantitative estimate of drug-likeness (QED) is 0.332. The molecule has 1 saturated heterocycles. The molecule has 1 amide bonds. The maximum atomic E-state index is 14.3. The predicted octanol–water partition coefficient (Wildman–Crippen LogP) is 2.29. The number of rotatable bonds is 7. The van der Waals surface area contributed by atoms with Crippen molar-refractivity contribution in [3.05, 3.63) is 63.7 Å². The van der Waals surface area contributed by atoms with Crippen LogP contribution in [0.2, 0.25) is 0 Å². The Morgan fingerprint density at radius 1 is 1.19 bits per heavy atom. The van der Waals surface area contributed by atoms with E-state index in [1.807, 2.05) is 0 Å². The van der Waals surface area contributed by atoms with Crippen molar-refractivity contribution in [2.45, 2.75) is 0 Å². The van der Waals surface area contributed by atoms with Gasteiger partial charge in [-0.1, -0.05) is 0 Å². The first-order valence-corrected chi connectivity index (χ1v) is 10.0. The highest BCUT2D eigenvalue weighted by Crippen LogP contribution is 2.30. The fourth-order valence-corrected chi connectivity index (χ4v) is 3.59. The largest absolute Gasteiger partial charge is 0.478 e. The normalized spacial score (nSPS) is 13.4. The van der Waals surface area contributed by atoms with Crippen LogP contribution in [0, 0.1) is 11.7 Å². The van der Waals surface area contributed by atoms with Gasteiger partial charge in [-0.3, -0.25) is 9.59 Å². The number of hydrogen-bond acceptors (Lipinski definition) is 6. The first-order chi connectivity index (χ1) is 15.4. The molecule has 1 aromatic heterocycles. The maximum absolute atomic E-state index is 14.3. The molecule has 3 aromatic rings. The first-order valence-electron chi connectivity index (χ1n) is 10.0. The minimum atomic E-state index is -1.09. The molecule has 0 saturated carbocycles. The second kappa shape index (κ2) is 8.67. The zero-order valence-electron chi connectivity index (χ0n) is 17.2. The fraction of sp³-hybridized carbons (Fsp3) is 0.227. The molecule has 9 nitrogen and oxygen atoms in total. The summed E-state index contributed by atoms with van der Waals surface area (Å²) in [7, 11) is 1.61. The summed E-state index contributed by atoms with van der Waals surface area (Å²) >= 11 is 0. The van der Waals surface area contributed by atoms with Gasteiger partial charge in [0, 0.05) is 43.7 Å². The summed E-state index contributed by atoms with van der Waals surface area (Å²) in [5, 5.41) is 21.2. The molecule has 2 heterocycles. The van der Waals surface area contributed by atoms with E-state index in [2.05, 4.69) is 26.3 Å². The fourth-order valence-electron chi connectivity index (χ4n) is 3.59. The number of carboxylic acids is 1. The van der Waals surface area contributed by atoms with Crippen molar-refractivity contribution in [3.8, 4) is 0 Å². The third-order valence-corrected chi connectivity index (χ3v) is 5.41. The van der Waals surface area contributed by atoms with Crippen molar-refractivity contribution in [2.24, 2.45) is 5.92 Å². The number of hydrogen-bond donors (Lipinski definition) is 6. The Balaban J connectivity index is 1.77. The van der Waals surface area contributed by atoms with E-state index >= 15 is 0 Å². The number of aromatic amines is 1. The lowest BCUT2D eigenvalue weighted by atomic mass is 10.0. The van der Waals surface area contributed by atoms with Crippen LogP contribution in [0.25, 0.3) is 10.9 Å². The van der Waals surface area contributed by atoms with E-state index in [4.69, 9.17) is 5.11 Å². The van der Waals surface area contributed by atoms with Crippen molar-refractivity contribution in [1.82, 2.24) is 10.3 Å². The summed E-state index contributed by atoms with van der Waals surface area (Å²) in [6, 6.07) is 8.10. The number of H-pyrrole nitrogens is 1. The number of carbonyl (C=O) groups is 2. The molecule has 0 unspecified atom stereocenters. The molecule has 1 aliphatic heterocycles. The minimum Gasteiger partial charge on any atom is -0.478 e. The molecule has 0 radical (unpaired) electrons. The number of carboxylic acid groups (broad SMARTS) is 1. The van der Waals surface area contributed by atoms with Crippen molar-refractivity contribution in [3.63, 3.8) is 0 Å². The number of aromatic nitrogens is 1. The van der Waals surface area contributed by atoms with Crippen LogP contribution in [-0.4, -0.2) is 48.6 Å². The molecular formula is C22H22FN5O4. The Labute approximate surface area is 182 Å². The minimum absolute atomic E-state index is 0.0677. The van der Waals surface area contributed by atoms with Crippen molar-refractivity contribution in [2.75, 3.05) is 42.6 Å². The number of carbonyl (C=O) groups excluding carboxylic acids is 1. The van der Waals surface area contributed by atoms with Gasteiger partial charge < -0.3 is 31.4 Å². The summed E-state index contributed by atoms with van der Waals surface area (Å²) in [5.41, 5.74) is 0.597. The zero-order chi connectivity index (χ0) is 22.8. The van der Waals surface area contributed by atoms with Crippen LogP contribution in [0.5, 0.6) is 0 Å². The van der Waals surface area contributed by atoms with Crippen LogP contribution in [0.3, 0.4) is 0 Å². The predicted molar refractivity (Wildman–Crippen MR) is 120 cm³/mol. The van der Waals surface area contributed by atoms with E-state index in [1.54, 1.807) is 7.05 Å². The number of aromatic carboxylic acids is 1. The maximum Gasteiger partial charge on any atom is 0.335 e. The van der Waals surface area contributed by atoms with E-state index < -0.39 is 23.3 Å². The molecule has 0 bridgehead atoms. The van der Waals surface area contributed by atoms with E-state index in [0.717, 1.165) is 13.1 Å². The molecule has 166 valence electrons. The molecule has 0 spiro atoms. The molecule has 0 atom stereocenters. The zero-order valence-corrected chi connectivity index (χ0v) is 17.2. The Kier molecular flexibility index (Phi) is 5.78. The molecule has 6 N–H and O–H groups in total. The third kappa shape index (κ3) is 4.12. The second-order valence-electron chi connectivity index (χ2n) is 7.57. The number of pyridine rings is 1. The molecule has 0 aliphatic carbocycles. The van der Waals surface area contributed by atoms with Gasteiger partial charge >= 0.3 is 5.97 Å². The van der Waals surface area contributed by atoms with Crippen molar-refractivity contribution >= 4 is 39.8 Å². The summed E-state index contributed by atoms with van der Waals surface area (Å²) < 4.78 is 14.3. The number of nitrogens with one attached hydrogen (secondary N) is 5. The lowest BCUT2D eigenvalue weighted by Crippen LogP contribution is -2.45. The van der Waals surface area contributed by atoms with Crippen molar-refractivity contribution < 1.29 is 19.1 Å². The summed E-state index contributed by atoms with van der Waals surface area (Å²) in [5.74, 6) is -1.98.